The summed E-state index contributed by atoms with van der Waals surface area (Å²) in [4.78, 5) is 12.4. The molecule has 190 valence electrons. The molecule has 4 aromatic carbocycles. The molecule has 0 aliphatic carbocycles. The summed E-state index contributed by atoms with van der Waals surface area (Å²) < 4.78 is 38.6. The summed E-state index contributed by atoms with van der Waals surface area (Å²) in [6, 6.07) is 15.4. The van der Waals surface area contributed by atoms with Crippen molar-refractivity contribution in [1.29, 1.82) is 0 Å². The molecule has 0 aromatic heterocycles. The molecule has 0 unspecified atom stereocenters. The Morgan fingerprint density at radius 3 is 2.42 bits per heavy atom. The average molecular weight is 582 g/mol. The Labute approximate surface area is 250 Å². The van der Waals surface area contributed by atoms with Crippen LogP contribution >= 0.6 is 23.2 Å². The summed E-state index contributed by atoms with van der Waals surface area (Å²) in [5.41, 5.74) is 0.202. The van der Waals surface area contributed by atoms with Crippen molar-refractivity contribution < 1.29 is 57.2 Å². The van der Waals surface area contributed by atoms with Crippen LogP contribution in [0.4, 0.5) is 17.1 Å². The number of carbonyl (C=O) groups is 1. The number of ether oxygens (including phenoxy) is 1. The van der Waals surface area contributed by atoms with E-state index in [-0.39, 0.29) is 51.5 Å². The van der Waals surface area contributed by atoms with Crippen LogP contribution in [0.1, 0.15) is 15.9 Å². The fourth-order valence-electron chi connectivity index (χ4n) is 3.66. The number of benzene rings is 4. The smallest absolute Gasteiger partial charge is 0.870 e. The van der Waals surface area contributed by atoms with E-state index in [2.05, 4.69) is 15.5 Å². The minimum atomic E-state index is -4.75. The molecule has 2 N–H and O–H groups in total. The largest absolute Gasteiger partial charge is 1.00 e. The Kier molecular flexibility index (Phi) is 9.43. The number of anilines is 1. The fraction of sp³-hybridized carbons (Fsp3) is 0.0800. The Morgan fingerprint density at radius 1 is 1.03 bits per heavy atom. The normalized spacial score (nSPS) is 11.4. The van der Waals surface area contributed by atoms with E-state index in [1.165, 1.54) is 37.4 Å². The first-order valence-corrected chi connectivity index (χ1v) is 12.8. The molecule has 0 aliphatic rings. The van der Waals surface area contributed by atoms with Gasteiger partial charge in [0.2, 0.25) is 0 Å². The van der Waals surface area contributed by atoms with E-state index in [1.54, 1.807) is 37.3 Å². The topological polar surface area (TPSA) is 140 Å². The molecule has 0 radical (unpaired) electrons. The number of rotatable bonds is 6. The van der Waals surface area contributed by atoms with E-state index in [0.29, 0.717) is 32.8 Å². The Morgan fingerprint density at radius 2 is 1.74 bits per heavy atom. The van der Waals surface area contributed by atoms with Crippen LogP contribution in [0.2, 0.25) is 10.0 Å². The monoisotopic (exact) mass is 581 g/mol. The molecule has 9 nitrogen and oxygen atoms in total. The first-order valence-electron chi connectivity index (χ1n) is 10.6. The molecular formula is C25H18Cl2N3NaO6S. The molecule has 0 bridgehead atoms. The van der Waals surface area contributed by atoms with Crippen molar-refractivity contribution >= 4 is 67.1 Å². The minimum Gasteiger partial charge on any atom is -0.870 e. The van der Waals surface area contributed by atoms with Crippen molar-refractivity contribution in [1.82, 2.24) is 0 Å². The van der Waals surface area contributed by atoms with Crippen LogP contribution in [0.25, 0.3) is 10.8 Å². The molecule has 4 aromatic rings. The van der Waals surface area contributed by atoms with Crippen LogP contribution in [-0.2, 0) is 10.1 Å². The van der Waals surface area contributed by atoms with Crippen molar-refractivity contribution in [3.63, 3.8) is 0 Å². The standard InChI is InChI=1S/C25H19Cl2N3O6S.Na/c1-13-9-19(27)24(37(33,34)35)20(10-13)29-30-22-16-6-4-3-5-14(16)11-17(23(22)31)25(32)28-15-7-8-18(26)21(12-15)36-2;/h3-12,31H,1-2H3,(H,28,32)(H,33,34,35);/q;+1/p-1. The molecule has 0 aliphatic heterocycles. The molecule has 0 saturated carbocycles. The number of methoxy groups -OCH3 is 1. The molecule has 0 atom stereocenters. The van der Waals surface area contributed by atoms with Crippen molar-refractivity contribution in [2.45, 2.75) is 11.8 Å². The van der Waals surface area contributed by atoms with Gasteiger partial charge in [-0.3, -0.25) is 9.35 Å². The second-order valence-corrected chi connectivity index (χ2v) is 10.1. The molecule has 0 saturated heterocycles. The van der Waals surface area contributed by atoms with Crippen LogP contribution in [0.3, 0.4) is 0 Å². The summed E-state index contributed by atoms with van der Waals surface area (Å²) in [6.45, 7) is 1.64. The maximum atomic E-state index is 13.4. The predicted octanol–water partition coefficient (Wildman–Crippen LogP) is 3.46. The zero-order valence-electron chi connectivity index (χ0n) is 20.3. The number of amides is 1. The molecule has 13 heteroatoms. The number of nitrogens with zero attached hydrogens (tertiary/aromatic N) is 2. The summed E-state index contributed by atoms with van der Waals surface area (Å²) >= 11 is 12.1. The molecule has 4 rings (SSSR count). The number of halogens is 2. The first-order chi connectivity index (χ1) is 17.5. The average Bonchev–Trinajstić information content (AvgIpc) is 2.82. The van der Waals surface area contributed by atoms with Gasteiger partial charge in [0.25, 0.3) is 16.0 Å². The molecule has 38 heavy (non-hydrogen) atoms. The van der Waals surface area contributed by atoms with Gasteiger partial charge in [0.1, 0.15) is 16.3 Å². The van der Waals surface area contributed by atoms with Crippen LogP contribution in [0, 0.1) is 6.92 Å². The van der Waals surface area contributed by atoms with E-state index in [9.17, 15) is 22.9 Å². The van der Waals surface area contributed by atoms with Crippen LogP contribution in [0.15, 0.2) is 75.8 Å². The molecule has 0 heterocycles. The van der Waals surface area contributed by atoms with E-state index >= 15 is 0 Å². The van der Waals surface area contributed by atoms with Crippen LogP contribution in [-0.4, -0.2) is 26.0 Å². The van der Waals surface area contributed by atoms with Crippen LogP contribution in [0.5, 0.6) is 11.5 Å². The Balaban J connectivity index is 0.00000400. The summed E-state index contributed by atoms with van der Waals surface area (Å²) in [5, 5.41) is 24.9. The van der Waals surface area contributed by atoms with Gasteiger partial charge in [-0.25, -0.2) is 0 Å². The zero-order valence-corrected chi connectivity index (χ0v) is 24.6. The summed E-state index contributed by atoms with van der Waals surface area (Å²) in [7, 11) is -3.32. The summed E-state index contributed by atoms with van der Waals surface area (Å²) in [6.07, 6.45) is 0. The number of aryl methyl sites for hydroxylation is 1. The van der Waals surface area contributed by atoms with Gasteiger partial charge < -0.3 is 15.2 Å². The van der Waals surface area contributed by atoms with Crippen molar-refractivity contribution in [3.05, 3.63) is 81.8 Å². The number of nitrogens with one attached hydrogen (secondary N) is 1. The quantitative estimate of drug-likeness (QED) is 0.203. The van der Waals surface area contributed by atoms with E-state index in [4.69, 9.17) is 27.9 Å². The Hall–Kier alpha value is -2.70. The molecule has 0 spiro atoms. The van der Waals surface area contributed by atoms with Gasteiger partial charge >= 0.3 is 29.6 Å². The molecule has 0 fully saturated rings. The second-order valence-electron chi connectivity index (χ2n) is 7.90. The zero-order chi connectivity index (χ0) is 26.9. The van der Waals surface area contributed by atoms with Gasteiger partial charge in [0.05, 0.1) is 22.8 Å². The SMILES string of the molecule is COc1cc(NC(=O)c2cc3ccccc3c(N=Nc3cc(C)cc(Cl)c3S(=O)(=O)O)c2[O-])ccc1Cl.[Na+]. The molecular weight excluding hydrogens is 564 g/mol. The third-order valence-electron chi connectivity index (χ3n) is 5.31. The fourth-order valence-corrected chi connectivity index (χ4v) is 5.08. The summed E-state index contributed by atoms with van der Waals surface area (Å²) in [5.74, 6) is -1.12. The first kappa shape index (κ1) is 29.9. The molecule has 1 amide bonds. The van der Waals surface area contributed by atoms with Crippen molar-refractivity contribution in [3.8, 4) is 11.5 Å². The number of azo groups is 1. The van der Waals surface area contributed by atoms with Crippen LogP contribution < -0.4 is 44.7 Å². The third-order valence-corrected chi connectivity index (χ3v) is 6.98. The van der Waals surface area contributed by atoms with Gasteiger partial charge in [-0.05, 0) is 48.2 Å². The van der Waals surface area contributed by atoms with Gasteiger partial charge in [-0.2, -0.15) is 13.5 Å². The number of hydrogen-bond acceptors (Lipinski definition) is 7. The van der Waals surface area contributed by atoms with E-state index < -0.39 is 26.7 Å². The van der Waals surface area contributed by atoms with Gasteiger partial charge in [0, 0.05) is 22.7 Å². The van der Waals surface area contributed by atoms with E-state index in [1.807, 2.05) is 0 Å². The number of fused-ring (bicyclic) bond motifs is 1. The second kappa shape index (κ2) is 12.0. The number of hydrogen-bond donors (Lipinski definition) is 2. The maximum absolute atomic E-state index is 13.4. The minimum absolute atomic E-state index is 0. The van der Waals surface area contributed by atoms with E-state index in [0.717, 1.165) is 0 Å². The third kappa shape index (κ3) is 6.29. The van der Waals surface area contributed by atoms with Crippen molar-refractivity contribution in [2.75, 3.05) is 12.4 Å². The predicted molar refractivity (Wildman–Crippen MR) is 140 cm³/mol. The van der Waals surface area contributed by atoms with Crippen molar-refractivity contribution in [2.24, 2.45) is 10.2 Å². The Bertz CT molecular complexity index is 1700. The van der Waals surface area contributed by atoms with Gasteiger partial charge in [0.15, 0.2) is 0 Å². The number of carbonyl (C=O) groups excluding carboxylic acids is 1. The van der Waals surface area contributed by atoms with Gasteiger partial charge in [-0.15, -0.1) is 5.11 Å². The maximum Gasteiger partial charge on any atom is 1.00 e. The van der Waals surface area contributed by atoms with Gasteiger partial charge in [-0.1, -0.05) is 53.2 Å².